The third-order valence-corrected chi connectivity index (χ3v) is 5.50. The molecule has 1 heterocycles. The van der Waals surface area contributed by atoms with Crippen molar-refractivity contribution in [2.45, 2.75) is 6.04 Å². The minimum atomic E-state index is -0.978. The summed E-state index contributed by atoms with van der Waals surface area (Å²) in [5.74, 6) is -1.64. The van der Waals surface area contributed by atoms with E-state index in [1.165, 1.54) is 48.4 Å². The number of benzene rings is 3. The molecule has 168 valence electrons. The van der Waals surface area contributed by atoms with Gasteiger partial charge in [-0.1, -0.05) is 12.1 Å². The second-order valence-electron chi connectivity index (χ2n) is 7.40. The minimum Gasteiger partial charge on any atom is -0.507 e. The van der Waals surface area contributed by atoms with Crippen LogP contribution in [-0.4, -0.2) is 28.8 Å². The van der Waals surface area contributed by atoms with Gasteiger partial charge in [0.15, 0.2) is 0 Å². The number of amides is 1. The second kappa shape index (κ2) is 8.88. The molecule has 3 aromatic carbocycles. The average molecular weight is 455 g/mol. The summed E-state index contributed by atoms with van der Waals surface area (Å²) < 4.78 is 5.19. The second-order valence-corrected chi connectivity index (χ2v) is 7.40. The fraction of sp³-hybridized carbons (Fsp3) is 0.0800. The molecule has 4 rings (SSSR count). The van der Waals surface area contributed by atoms with Crippen LogP contribution in [0.1, 0.15) is 22.7 Å². The lowest BCUT2D eigenvalue weighted by Crippen LogP contribution is -2.29. The number of hydrogen-bond acceptors (Lipinski definition) is 7. The Balaban J connectivity index is 1.90. The smallest absolute Gasteiger partial charge is 0.300 e. The summed E-state index contributed by atoms with van der Waals surface area (Å²) >= 11 is 0. The molecular weight excluding hydrogens is 438 g/mol. The molecule has 1 unspecified atom stereocenters. The first-order valence-electron chi connectivity index (χ1n) is 10.1. The number of ether oxygens (including phenoxy) is 1. The van der Waals surface area contributed by atoms with Gasteiger partial charge in [-0.2, -0.15) is 5.26 Å². The van der Waals surface area contributed by atoms with Crippen molar-refractivity contribution in [2.75, 3.05) is 12.0 Å². The van der Waals surface area contributed by atoms with Crippen molar-refractivity contribution in [3.05, 3.63) is 105 Å². The molecule has 0 aliphatic carbocycles. The van der Waals surface area contributed by atoms with Crippen LogP contribution in [0.25, 0.3) is 5.76 Å². The fourth-order valence-corrected chi connectivity index (χ4v) is 3.79. The molecule has 1 aliphatic rings. The Kier molecular flexibility index (Phi) is 5.80. The van der Waals surface area contributed by atoms with E-state index in [2.05, 4.69) is 0 Å². The maximum atomic E-state index is 13.1. The number of carbonyl (C=O) groups is 2. The predicted molar refractivity (Wildman–Crippen MR) is 122 cm³/mol. The van der Waals surface area contributed by atoms with Crippen molar-refractivity contribution in [1.82, 2.24) is 0 Å². The Morgan fingerprint density at radius 3 is 2.18 bits per heavy atom. The quantitative estimate of drug-likeness (QED) is 0.201. The van der Waals surface area contributed by atoms with Gasteiger partial charge in [-0.25, -0.2) is 0 Å². The molecule has 3 aromatic rings. The number of methoxy groups -OCH3 is 1. The highest BCUT2D eigenvalue weighted by atomic mass is 16.6. The number of hydrogen-bond donors (Lipinski definition) is 1. The van der Waals surface area contributed by atoms with Gasteiger partial charge in [-0.15, -0.1) is 0 Å². The fourth-order valence-electron chi connectivity index (χ4n) is 3.79. The van der Waals surface area contributed by atoms with Crippen LogP contribution in [0, 0.1) is 21.4 Å². The van der Waals surface area contributed by atoms with E-state index >= 15 is 0 Å². The normalized spacial score (nSPS) is 16.8. The molecule has 0 aromatic heterocycles. The summed E-state index contributed by atoms with van der Waals surface area (Å²) in [6.45, 7) is 0. The zero-order valence-electron chi connectivity index (χ0n) is 17.8. The Morgan fingerprint density at radius 1 is 1.03 bits per heavy atom. The van der Waals surface area contributed by atoms with Gasteiger partial charge < -0.3 is 9.84 Å². The molecule has 1 atom stereocenters. The number of nitrogens with zero attached hydrogens (tertiary/aromatic N) is 3. The molecule has 1 saturated heterocycles. The highest BCUT2D eigenvalue weighted by Gasteiger charge is 2.47. The Bertz CT molecular complexity index is 1350. The lowest BCUT2D eigenvalue weighted by molar-refractivity contribution is -0.384. The van der Waals surface area contributed by atoms with Crippen LogP contribution in [0.4, 0.5) is 11.4 Å². The van der Waals surface area contributed by atoms with Crippen LogP contribution in [0.2, 0.25) is 0 Å². The largest absolute Gasteiger partial charge is 0.507 e. The summed E-state index contributed by atoms with van der Waals surface area (Å²) in [5.41, 5.74) is 1.10. The SMILES string of the molecule is COc1ccc(C2/C(=C(/O)c3ccc([N+](=O)[O-])cc3)C(=O)C(=O)N2c2ccc(C#N)cc2)cc1. The Hall–Kier alpha value is -4.97. The van der Waals surface area contributed by atoms with Gasteiger partial charge in [0, 0.05) is 23.4 Å². The van der Waals surface area contributed by atoms with Crippen LogP contribution >= 0.6 is 0 Å². The number of aliphatic hydroxyl groups is 1. The van der Waals surface area contributed by atoms with E-state index in [9.17, 15) is 24.8 Å². The predicted octanol–water partition coefficient (Wildman–Crippen LogP) is 4.10. The van der Waals surface area contributed by atoms with Gasteiger partial charge in [-0.05, 0) is 54.1 Å². The van der Waals surface area contributed by atoms with E-state index in [0.717, 1.165) is 0 Å². The topological polar surface area (TPSA) is 134 Å². The summed E-state index contributed by atoms with van der Waals surface area (Å²) in [4.78, 5) is 37.9. The molecule has 1 fully saturated rings. The van der Waals surface area contributed by atoms with Crippen LogP contribution in [0.15, 0.2) is 78.4 Å². The summed E-state index contributed by atoms with van der Waals surface area (Å²) in [5, 5.41) is 31.1. The summed E-state index contributed by atoms with van der Waals surface area (Å²) in [6, 6.07) is 18.9. The van der Waals surface area contributed by atoms with Crippen molar-refractivity contribution in [3.8, 4) is 11.8 Å². The van der Waals surface area contributed by atoms with Gasteiger partial charge >= 0.3 is 0 Å². The highest BCUT2D eigenvalue weighted by Crippen LogP contribution is 2.42. The molecule has 0 spiro atoms. The molecule has 9 heteroatoms. The standard InChI is InChI=1S/C25H17N3O6/c1-34-20-12-6-16(7-13-20)22-21(23(29)17-4-10-19(11-5-17)28(32)33)24(30)25(31)27(22)18-8-2-15(14-26)3-9-18/h2-13,22,29H,1H3/b23-21-. The maximum Gasteiger partial charge on any atom is 0.300 e. The minimum absolute atomic E-state index is 0.155. The Morgan fingerprint density at radius 2 is 1.65 bits per heavy atom. The third kappa shape index (κ3) is 3.84. The molecule has 0 radical (unpaired) electrons. The average Bonchev–Trinajstić information content (AvgIpc) is 3.14. The number of rotatable bonds is 5. The van der Waals surface area contributed by atoms with Crippen molar-refractivity contribution >= 4 is 28.8 Å². The number of Topliss-reactive ketones (excluding diaryl/α,β-unsaturated/α-hetero) is 1. The number of aliphatic hydroxyl groups excluding tert-OH is 1. The molecule has 0 saturated carbocycles. The van der Waals surface area contributed by atoms with Gasteiger partial charge in [0.2, 0.25) is 0 Å². The van der Waals surface area contributed by atoms with Crippen molar-refractivity contribution < 1.29 is 24.4 Å². The van der Waals surface area contributed by atoms with Crippen LogP contribution in [-0.2, 0) is 9.59 Å². The number of nitro groups is 1. The van der Waals surface area contributed by atoms with E-state index in [-0.39, 0.29) is 16.8 Å². The van der Waals surface area contributed by atoms with E-state index in [1.807, 2.05) is 6.07 Å². The van der Waals surface area contributed by atoms with Crippen molar-refractivity contribution in [2.24, 2.45) is 0 Å². The number of nitriles is 1. The molecule has 1 amide bonds. The molecule has 34 heavy (non-hydrogen) atoms. The van der Waals surface area contributed by atoms with E-state index in [1.54, 1.807) is 36.4 Å². The first kappa shape index (κ1) is 22.2. The van der Waals surface area contributed by atoms with Crippen LogP contribution < -0.4 is 9.64 Å². The van der Waals surface area contributed by atoms with Gasteiger partial charge in [-0.3, -0.25) is 24.6 Å². The zero-order chi connectivity index (χ0) is 24.4. The van der Waals surface area contributed by atoms with E-state index in [4.69, 9.17) is 10.00 Å². The lowest BCUT2D eigenvalue weighted by Gasteiger charge is -2.25. The molecule has 0 bridgehead atoms. The number of nitro benzene ring substituents is 1. The Labute approximate surface area is 193 Å². The zero-order valence-corrected chi connectivity index (χ0v) is 17.8. The monoisotopic (exact) mass is 455 g/mol. The molecule has 1 aliphatic heterocycles. The molecule has 9 nitrogen and oxygen atoms in total. The third-order valence-electron chi connectivity index (χ3n) is 5.50. The number of ketones is 1. The lowest BCUT2D eigenvalue weighted by atomic mass is 9.95. The maximum absolute atomic E-state index is 13.1. The van der Waals surface area contributed by atoms with Gasteiger partial charge in [0.1, 0.15) is 11.5 Å². The van der Waals surface area contributed by atoms with Crippen molar-refractivity contribution in [1.29, 1.82) is 5.26 Å². The highest BCUT2D eigenvalue weighted by molar-refractivity contribution is 6.51. The van der Waals surface area contributed by atoms with E-state index < -0.39 is 28.4 Å². The number of anilines is 1. The number of carbonyl (C=O) groups excluding carboxylic acids is 2. The van der Waals surface area contributed by atoms with Crippen LogP contribution in [0.3, 0.4) is 0 Å². The summed E-state index contributed by atoms with van der Waals surface area (Å²) in [7, 11) is 1.51. The summed E-state index contributed by atoms with van der Waals surface area (Å²) in [6.07, 6.45) is 0. The molecule has 1 N–H and O–H groups in total. The molecular formula is C25H17N3O6. The van der Waals surface area contributed by atoms with Crippen LogP contribution in [0.5, 0.6) is 5.75 Å². The first-order valence-corrected chi connectivity index (χ1v) is 10.1. The van der Waals surface area contributed by atoms with Crippen molar-refractivity contribution in [3.63, 3.8) is 0 Å². The number of non-ortho nitro benzene ring substituents is 1. The van der Waals surface area contributed by atoms with Gasteiger partial charge in [0.05, 0.1) is 35.3 Å². The first-order chi connectivity index (χ1) is 16.3. The van der Waals surface area contributed by atoms with Gasteiger partial charge in [0.25, 0.3) is 17.4 Å². The van der Waals surface area contributed by atoms with E-state index in [0.29, 0.717) is 22.6 Å².